The van der Waals surface area contributed by atoms with Crippen molar-refractivity contribution in [3.63, 3.8) is 0 Å². The van der Waals surface area contributed by atoms with Gasteiger partial charge in [0.05, 0.1) is 11.2 Å². The van der Waals surface area contributed by atoms with Crippen molar-refractivity contribution in [2.24, 2.45) is 0 Å². The van der Waals surface area contributed by atoms with Crippen LogP contribution in [0.25, 0.3) is 6.08 Å². The monoisotopic (exact) mass is 368 g/mol. The van der Waals surface area contributed by atoms with Gasteiger partial charge in [0.15, 0.2) is 5.12 Å². The molecule has 130 valence electrons. The lowest BCUT2D eigenvalue weighted by molar-refractivity contribution is -0.109. The van der Waals surface area contributed by atoms with E-state index in [0.29, 0.717) is 5.75 Å². The Morgan fingerprint density at radius 1 is 1.33 bits per heavy atom. The zero-order chi connectivity index (χ0) is 18.1. The highest BCUT2D eigenvalue weighted by molar-refractivity contribution is 8.13. The third-order valence-corrected chi connectivity index (χ3v) is 5.39. The standard InChI is InChI=1S/C16H22BClN2O3S/c1-10-12(8-19-14(18)20-10)7-13(9-24-11(2)21)17-22-15(3,4)16(5,6)23-17/h7-8H,9H2,1-6H3. The van der Waals surface area contributed by atoms with Crippen molar-refractivity contribution in [3.8, 4) is 0 Å². The molecule has 1 fully saturated rings. The quantitative estimate of drug-likeness (QED) is 0.596. The van der Waals surface area contributed by atoms with E-state index in [1.165, 1.54) is 11.8 Å². The van der Waals surface area contributed by atoms with Gasteiger partial charge >= 0.3 is 7.12 Å². The summed E-state index contributed by atoms with van der Waals surface area (Å²) in [5.74, 6) is 0.480. The maximum absolute atomic E-state index is 11.4. The Labute approximate surface area is 152 Å². The van der Waals surface area contributed by atoms with E-state index in [1.54, 1.807) is 13.1 Å². The first kappa shape index (κ1) is 19.4. The van der Waals surface area contributed by atoms with E-state index < -0.39 is 18.3 Å². The highest BCUT2D eigenvalue weighted by atomic mass is 35.5. The van der Waals surface area contributed by atoms with E-state index in [2.05, 4.69) is 9.97 Å². The Kier molecular flexibility index (Phi) is 5.80. The minimum Gasteiger partial charge on any atom is -0.400 e. The summed E-state index contributed by atoms with van der Waals surface area (Å²) in [5.41, 5.74) is 1.57. The van der Waals surface area contributed by atoms with Gasteiger partial charge in [0.1, 0.15) is 0 Å². The van der Waals surface area contributed by atoms with Crippen LogP contribution in [-0.4, -0.2) is 39.2 Å². The Morgan fingerprint density at radius 2 is 1.92 bits per heavy atom. The van der Waals surface area contributed by atoms with Crippen molar-refractivity contribution in [1.29, 1.82) is 0 Å². The number of rotatable bonds is 4. The van der Waals surface area contributed by atoms with Gasteiger partial charge in [-0.1, -0.05) is 17.8 Å². The van der Waals surface area contributed by atoms with Crippen molar-refractivity contribution in [2.45, 2.75) is 52.7 Å². The minimum absolute atomic E-state index is 0.0431. The molecule has 0 N–H and O–H groups in total. The third kappa shape index (κ3) is 4.39. The molecule has 0 saturated carbocycles. The summed E-state index contributed by atoms with van der Waals surface area (Å²) < 4.78 is 12.2. The molecular weight excluding hydrogens is 347 g/mol. The fourth-order valence-electron chi connectivity index (χ4n) is 2.15. The minimum atomic E-state index is -0.517. The van der Waals surface area contributed by atoms with Crippen molar-refractivity contribution in [2.75, 3.05) is 5.75 Å². The van der Waals surface area contributed by atoms with Gasteiger partial charge in [0.2, 0.25) is 5.28 Å². The lowest BCUT2D eigenvalue weighted by Gasteiger charge is -2.32. The number of aromatic nitrogens is 2. The van der Waals surface area contributed by atoms with Crippen LogP contribution in [0, 0.1) is 6.92 Å². The first-order valence-corrected chi connectivity index (χ1v) is 9.07. The molecule has 0 bridgehead atoms. The van der Waals surface area contributed by atoms with Gasteiger partial charge in [-0.15, -0.1) is 0 Å². The largest absolute Gasteiger partial charge is 0.491 e. The fraction of sp³-hybridized carbons (Fsp3) is 0.562. The van der Waals surface area contributed by atoms with Gasteiger partial charge in [-0.25, -0.2) is 9.97 Å². The zero-order valence-corrected chi connectivity index (χ0v) is 16.4. The zero-order valence-electron chi connectivity index (χ0n) is 14.8. The topological polar surface area (TPSA) is 61.3 Å². The summed E-state index contributed by atoms with van der Waals surface area (Å²) in [4.78, 5) is 19.6. The van der Waals surface area contributed by atoms with E-state index >= 15 is 0 Å². The Hall–Kier alpha value is -0.885. The molecule has 0 amide bonds. The van der Waals surface area contributed by atoms with Crippen molar-refractivity contribution in [1.82, 2.24) is 9.97 Å². The molecule has 0 aromatic carbocycles. The van der Waals surface area contributed by atoms with Crippen LogP contribution in [0.1, 0.15) is 45.9 Å². The van der Waals surface area contributed by atoms with Crippen LogP contribution in [0.15, 0.2) is 11.7 Å². The van der Waals surface area contributed by atoms with E-state index in [1.807, 2.05) is 40.7 Å². The van der Waals surface area contributed by atoms with Crippen molar-refractivity contribution >= 4 is 41.7 Å². The molecule has 0 unspecified atom stereocenters. The van der Waals surface area contributed by atoms with Gasteiger partial charge in [0.25, 0.3) is 0 Å². The molecule has 1 aliphatic heterocycles. The van der Waals surface area contributed by atoms with E-state index in [-0.39, 0.29) is 10.4 Å². The lowest BCUT2D eigenvalue weighted by atomic mass is 9.78. The summed E-state index contributed by atoms with van der Waals surface area (Å²) >= 11 is 7.04. The highest BCUT2D eigenvalue weighted by Crippen LogP contribution is 2.39. The normalized spacial score (nSPS) is 19.6. The van der Waals surface area contributed by atoms with Gasteiger partial charge in [-0.3, -0.25) is 4.79 Å². The Morgan fingerprint density at radius 3 is 2.42 bits per heavy atom. The molecule has 1 aliphatic rings. The van der Waals surface area contributed by atoms with Gasteiger partial charge in [-0.05, 0) is 51.7 Å². The van der Waals surface area contributed by atoms with E-state index in [9.17, 15) is 4.79 Å². The third-order valence-electron chi connectivity index (χ3n) is 4.33. The molecule has 24 heavy (non-hydrogen) atoms. The number of carbonyl (C=O) groups excluding carboxylic acids is 1. The van der Waals surface area contributed by atoms with Crippen LogP contribution in [0.5, 0.6) is 0 Å². The molecule has 1 aromatic rings. The molecule has 0 atom stereocenters. The maximum Gasteiger partial charge on any atom is 0.491 e. The van der Waals surface area contributed by atoms with Crippen LogP contribution < -0.4 is 0 Å². The fourth-order valence-corrected chi connectivity index (χ4v) is 2.91. The van der Waals surface area contributed by atoms with Crippen LogP contribution in [-0.2, 0) is 14.1 Å². The Balaban J connectivity index is 2.35. The highest BCUT2D eigenvalue weighted by Gasteiger charge is 2.52. The first-order valence-electron chi connectivity index (χ1n) is 7.70. The SMILES string of the molecule is CC(=O)SCC(=Cc1cnc(Cl)nc1C)B1OC(C)(C)C(C)(C)O1. The molecular formula is C16H22BClN2O3S. The number of halogens is 1. The van der Waals surface area contributed by atoms with Crippen LogP contribution in [0.2, 0.25) is 5.28 Å². The van der Waals surface area contributed by atoms with Crippen LogP contribution >= 0.6 is 23.4 Å². The number of hydrogen-bond donors (Lipinski definition) is 0. The number of carbonyl (C=O) groups is 1. The number of nitrogens with zero attached hydrogens (tertiary/aromatic N) is 2. The molecule has 1 aromatic heterocycles. The molecule has 0 radical (unpaired) electrons. The molecule has 2 rings (SSSR count). The second-order valence-electron chi connectivity index (χ2n) is 6.77. The van der Waals surface area contributed by atoms with Gasteiger partial charge < -0.3 is 9.31 Å². The van der Waals surface area contributed by atoms with Gasteiger partial charge in [-0.2, -0.15) is 0 Å². The average molecular weight is 369 g/mol. The summed E-state index contributed by atoms with van der Waals surface area (Å²) in [5, 5.41) is 0.251. The van der Waals surface area contributed by atoms with Crippen molar-refractivity contribution < 1.29 is 14.1 Å². The summed E-state index contributed by atoms with van der Waals surface area (Å²) in [6, 6.07) is 0. The number of thioether (sulfide) groups is 1. The van der Waals surface area contributed by atoms with Crippen LogP contribution in [0.4, 0.5) is 0 Å². The summed E-state index contributed by atoms with van der Waals surface area (Å²) in [6.45, 7) is 11.4. The predicted octanol–water partition coefficient (Wildman–Crippen LogP) is 3.73. The lowest BCUT2D eigenvalue weighted by Crippen LogP contribution is -2.41. The maximum atomic E-state index is 11.4. The van der Waals surface area contributed by atoms with Crippen molar-refractivity contribution in [3.05, 3.63) is 28.2 Å². The number of aryl methyl sites for hydroxylation is 1. The molecule has 0 aliphatic carbocycles. The van der Waals surface area contributed by atoms with E-state index in [0.717, 1.165) is 16.7 Å². The summed E-state index contributed by atoms with van der Waals surface area (Å²) in [7, 11) is -0.517. The average Bonchev–Trinajstić information content (AvgIpc) is 2.65. The first-order chi connectivity index (χ1) is 11.0. The predicted molar refractivity (Wildman–Crippen MR) is 99.0 cm³/mol. The second-order valence-corrected chi connectivity index (χ2v) is 8.26. The molecule has 0 spiro atoms. The molecule has 2 heterocycles. The Bertz CT molecular complexity index is 663. The smallest absolute Gasteiger partial charge is 0.400 e. The molecule has 8 heteroatoms. The summed E-state index contributed by atoms with van der Waals surface area (Å²) in [6.07, 6.45) is 3.58. The molecule has 5 nitrogen and oxygen atoms in total. The second kappa shape index (κ2) is 7.16. The van der Waals surface area contributed by atoms with E-state index in [4.69, 9.17) is 20.9 Å². The number of hydrogen-bond acceptors (Lipinski definition) is 6. The molecule has 1 saturated heterocycles. The van der Waals surface area contributed by atoms with Gasteiger partial charge in [0, 0.05) is 30.1 Å². The van der Waals surface area contributed by atoms with Crippen LogP contribution in [0.3, 0.4) is 0 Å².